The lowest BCUT2D eigenvalue weighted by Gasteiger charge is -2.35. The molecule has 8 nitrogen and oxygen atoms in total. The smallest absolute Gasteiger partial charge is 0.321 e. The Morgan fingerprint density at radius 3 is 2.21 bits per heavy atom. The summed E-state index contributed by atoms with van der Waals surface area (Å²) in [5.74, 6) is 1.65. The van der Waals surface area contributed by atoms with Crippen molar-refractivity contribution in [3.05, 3.63) is 36.1 Å². The first-order chi connectivity index (χ1) is 13.6. The van der Waals surface area contributed by atoms with Gasteiger partial charge in [-0.2, -0.15) is 0 Å². The van der Waals surface area contributed by atoms with Gasteiger partial charge in [-0.1, -0.05) is 5.16 Å². The second-order valence-electron chi connectivity index (χ2n) is 7.54. The molecule has 2 amide bonds. The molecule has 8 heteroatoms. The van der Waals surface area contributed by atoms with Crippen LogP contribution in [-0.4, -0.2) is 80.4 Å². The lowest BCUT2D eigenvalue weighted by molar-refractivity contribution is 0.208. The van der Waals surface area contributed by atoms with E-state index in [-0.39, 0.29) is 6.03 Å². The van der Waals surface area contributed by atoms with Crippen LogP contribution in [-0.2, 0) is 0 Å². The first-order valence-electron chi connectivity index (χ1n) is 9.86. The van der Waals surface area contributed by atoms with Crippen LogP contribution in [0.1, 0.15) is 5.76 Å². The number of nitrogens with zero attached hydrogens (tertiary/aromatic N) is 5. The normalized spacial score (nSPS) is 18.4. The van der Waals surface area contributed by atoms with Crippen LogP contribution in [0.15, 0.2) is 34.9 Å². The summed E-state index contributed by atoms with van der Waals surface area (Å²) in [7, 11) is 2.16. The third-order valence-electron chi connectivity index (χ3n) is 5.49. The molecule has 0 atom stereocenters. The van der Waals surface area contributed by atoms with E-state index in [2.05, 4.69) is 44.4 Å². The van der Waals surface area contributed by atoms with Crippen molar-refractivity contribution in [2.24, 2.45) is 0 Å². The Hall–Kier alpha value is -2.74. The van der Waals surface area contributed by atoms with Crippen molar-refractivity contribution in [2.45, 2.75) is 6.92 Å². The first kappa shape index (κ1) is 18.6. The van der Waals surface area contributed by atoms with Gasteiger partial charge in [0.15, 0.2) is 5.82 Å². The molecule has 0 unspecified atom stereocenters. The van der Waals surface area contributed by atoms with Crippen molar-refractivity contribution in [3.63, 3.8) is 0 Å². The van der Waals surface area contributed by atoms with E-state index in [1.165, 1.54) is 5.69 Å². The zero-order valence-electron chi connectivity index (χ0n) is 16.6. The Kier molecular flexibility index (Phi) is 5.38. The van der Waals surface area contributed by atoms with Crippen LogP contribution >= 0.6 is 0 Å². The summed E-state index contributed by atoms with van der Waals surface area (Å²) in [5.41, 5.74) is 2.04. The third-order valence-corrected chi connectivity index (χ3v) is 5.49. The summed E-state index contributed by atoms with van der Waals surface area (Å²) in [4.78, 5) is 21.3. The number of carbonyl (C=O) groups is 1. The Bertz CT molecular complexity index is 789. The summed E-state index contributed by atoms with van der Waals surface area (Å²) in [6, 6.07) is 10.0. The predicted octanol–water partition coefficient (Wildman–Crippen LogP) is 2.09. The molecule has 28 heavy (non-hydrogen) atoms. The van der Waals surface area contributed by atoms with Crippen molar-refractivity contribution in [1.29, 1.82) is 0 Å². The number of piperazine rings is 2. The number of benzene rings is 1. The Balaban J connectivity index is 1.28. The van der Waals surface area contributed by atoms with E-state index in [9.17, 15) is 4.79 Å². The molecule has 0 saturated carbocycles. The number of urea groups is 1. The van der Waals surface area contributed by atoms with Crippen LogP contribution < -0.4 is 15.1 Å². The Labute approximate surface area is 165 Å². The molecular weight excluding hydrogens is 356 g/mol. The van der Waals surface area contributed by atoms with E-state index in [0.717, 1.165) is 56.5 Å². The van der Waals surface area contributed by atoms with Crippen molar-refractivity contribution in [2.75, 3.05) is 74.5 Å². The highest BCUT2D eigenvalue weighted by atomic mass is 16.5. The van der Waals surface area contributed by atoms with Crippen LogP contribution in [0.3, 0.4) is 0 Å². The van der Waals surface area contributed by atoms with Crippen LogP contribution in [0.25, 0.3) is 0 Å². The fraction of sp³-hybridized carbons (Fsp3) is 0.500. The minimum absolute atomic E-state index is 0.0525. The zero-order valence-corrected chi connectivity index (χ0v) is 16.6. The maximum Gasteiger partial charge on any atom is 0.321 e. The lowest BCUT2D eigenvalue weighted by Crippen LogP contribution is -2.50. The van der Waals surface area contributed by atoms with Crippen LogP contribution in [0, 0.1) is 6.92 Å². The number of hydrogen-bond donors (Lipinski definition) is 1. The minimum Gasteiger partial charge on any atom is -0.369 e. The molecule has 2 fully saturated rings. The van der Waals surface area contributed by atoms with Crippen LogP contribution in [0.4, 0.5) is 22.0 Å². The van der Waals surface area contributed by atoms with Gasteiger partial charge in [0.05, 0.1) is 0 Å². The molecule has 2 aliphatic rings. The average molecular weight is 384 g/mol. The molecule has 3 heterocycles. The maximum absolute atomic E-state index is 12.6. The number of amides is 2. The number of anilines is 3. The van der Waals surface area contributed by atoms with Gasteiger partial charge in [0.2, 0.25) is 0 Å². The highest BCUT2D eigenvalue weighted by Gasteiger charge is 2.23. The molecule has 4 rings (SSSR count). The second kappa shape index (κ2) is 8.10. The summed E-state index contributed by atoms with van der Waals surface area (Å²) in [6.45, 7) is 8.96. The minimum atomic E-state index is -0.0525. The Morgan fingerprint density at radius 2 is 1.61 bits per heavy atom. The van der Waals surface area contributed by atoms with Crippen LogP contribution in [0.5, 0.6) is 0 Å². The van der Waals surface area contributed by atoms with Crippen molar-refractivity contribution in [3.8, 4) is 0 Å². The second-order valence-corrected chi connectivity index (χ2v) is 7.54. The molecular formula is C20H28N6O2. The molecule has 0 bridgehead atoms. The van der Waals surface area contributed by atoms with Crippen LogP contribution in [0.2, 0.25) is 0 Å². The SMILES string of the molecule is Cc1cc(N2CCN(C(=O)Nc3ccc(N4CCN(C)CC4)cc3)CC2)no1. The van der Waals surface area contributed by atoms with E-state index < -0.39 is 0 Å². The van der Waals surface area contributed by atoms with E-state index in [4.69, 9.17) is 4.52 Å². The summed E-state index contributed by atoms with van der Waals surface area (Å²) in [6.07, 6.45) is 0. The lowest BCUT2D eigenvalue weighted by atomic mass is 10.2. The highest BCUT2D eigenvalue weighted by Crippen LogP contribution is 2.20. The summed E-state index contributed by atoms with van der Waals surface area (Å²) in [5, 5.41) is 7.07. The number of likely N-dealkylation sites (N-methyl/N-ethyl adjacent to an activating group) is 1. The molecule has 0 radical (unpaired) electrons. The van der Waals surface area contributed by atoms with Gasteiger partial charge in [-0.25, -0.2) is 4.79 Å². The van der Waals surface area contributed by atoms with Crippen molar-refractivity contribution in [1.82, 2.24) is 15.0 Å². The van der Waals surface area contributed by atoms with E-state index >= 15 is 0 Å². The van der Waals surface area contributed by atoms with Crippen molar-refractivity contribution >= 4 is 23.2 Å². The largest absolute Gasteiger partial charge is 0.369 e. The van der Waals surface area contributed by atoms with E-state index in [0.29, 0.717) is 13.1 Å². The summed E-state index contributed by atoms with van der Waals surface area (Å²) < 4.78 is 5.14. The molecule has 0 spiro atoms. The maximum atomic E-state index is 12.6. The average Bonchev–Trinajstić information content (AvgIpc) is 3.16. The van der Waals surface area contributed by atoms with Gasteiger partial charge in [-0.3, -0.25) is 0 Å². The number of hydrogen-bond acceptors (Lipinski definition) is 6. The number of aryl methyl sites for hydroxylation is 1. The number of carbonyl (C=O) groups excluding carboxylic acids is 1. The molecule has 0 aliphatic carbocycles. The van der Waals surface area contributed by atoms with Gasteiger partial charge in [-0.15, -0.1) is 0 Å². The van der Waals surface area contributed by atoms with Gasteiger partial charge in [0.1, 0.15) is 5.76 Å². The highest BCUT2D eigenvalue weighted by molar-refractivity contribution is 5.89. The topological polar surface area (TPSA) is 68.1 Å². The van der Waals surface area contributed by atoms with Gasteiger partial charge in [0.25, 0.3) is 0 Å². The quantitative estimate of drug-likeness (QED) is 0.874. The van der Waals surface area contributed by atoms with E-state index in [1.54, 1.807) is 0 Å². The van der Waals surface area contributed by atoms with Crippen molar-refractivity contribution < 1.29 is 9.32 Å². The Morgan fingerprint density at radius 1 is 0.964 bits per heavy atom. The molecule has 2 aromatic rings. The fourth-order valence-corrected chi connectivity index (χ4v) is 3.66. The van der Waals surface area contributed by atoms with Gasteiger partial charge in [0, 0.05) is 69.8 Å². The fourth-order valence-electron chi connectivity index (χ4n) is 3.66. The number of aromatic nitrogens is 1. The molecule has 2 aliphatic heterocycles. The predicted molar refractivity (Wildman–Crippen MR) is 110 cm³/mol. The number of nitrogens with one attached hydrogen (secondary N) is 1. The van der Waals surface area contributed by atoms with E-state index in [1.807, 2.05) is 30.0 Å². The molecule has 1 aromatic carbocycles. The summed E-state index contributed by atoms with van der Waals surface area (Å²) >= 11 is 0. The molecule has 1 aromatic heterocycles. The zero-order chi connectivity index (χ0) is 19.5. The molecule has 2 saturated heterocycles. The van der Waals surface area contributed by atoms with Gasteiger partial charge in [-0.05, 0) is 38.2 Å². The van der Waals surface area contributed by atoms with Gasteiger partial charge >= 0.3 is 6.03 Å². The monoisotopic (exact) mass is 384 g/mol. The third kappa shape index (κ3) is 4.22. The number of rotatable bonds is 3. The molecule has 1 N–H and O–H groups in total. The first-order valence-corrected chi connectivity index (χ1v) is 9.86. The standard InChI is InChI=1S/C20H28N6O2/c1-16-15-19(22-28-16)25-11-13-26(14-12-25)20(27)21-17-3-5-18(6-4-17)24-9-7-23(2)8-10-24/h3-6,15H,7-14H2,1-2H3,(H,21,27). The molecule has 150 valence electrons. The van der Waals surface area contributed by atoms with Gasteiger partial charge < -0.3 is 29.4 Å².